The molecule has 0 bridgehead atoms. The molecule has 0 aliphatic carbocycles. The van der Waals surface area contributed by atoms with Crippen molar-refractivity contribution >= 4 is 33.5 Å². The van der Waals surface area contributed by atoms with Gasteiger partial charge in [0.1, 0.15) is 22.9 Å². The fraction of sp³-hybridized carbons (Fsp3) is 0.111. The molecule has 2 N–H and O–H groups in total. The molecule has 0 amide bonds. The smallest absolute Gasteiger partial charge is 0.142 e. The van der Waals surface area contributed by atoms with Gasteiger partial charge in [-0.3, -0.25) is 0 Å². The van der Waals surface area contributed by atoms with Gasteiger partial charge in [0.15, 0.2) is 0 Å². The van der Waals surface area contributed by atoms with Crippen molar-refractivity contribution in [3.63, 3.8) is 0 Å². The van der Waals surface area contributed by atoms with Gasteiger partial charge in [0.2, 0.25) is 0 Å². The first-order valence-corrected chi connectivity index (χ1v) is 5.77. The van der Waals surface area contributed by atoms with E-state index in [2.05, 4.69) is 25.9 Å². The first kappa shape index (κ1) is 10.5. The van der Waals surface area contributed by atoms with Gasteiger partial charge in [-0.15, -0.1) is 0 Å². The Morgan fingerprint density at radius 1 is 1.47 bits per heavy atom. The molecule has 0 aromatic carbocycles. The summed E-state index contributed by atoms with van der Waals surface area (Å²) in [4.78, 5) is 9.03. The monoisotopic (exact) mass is 285 g/mol. The Hall–Kier alpha value is -1.01. The molecule has 0 saturated heterocycles. The predicted molar refractivity (Wildman–Crippen MR) is 61.7 cm³/mol. The third kappa shape index (κ3) is 2.15. The van der Waals surface area contributed by atoms with Gasteiger partial charge in [-0.1, -0.05) is 11.8 Å². The maximum Gasteiger partial charge on any atom is 0.142 e. The van der Waals surface area contributed by atoms with Crippen molar-refractivity contribution < 1.29 is 4.42 Å². The number of hydrogen-bond acceptors (Lipinski definition) is 5. The van der Waals surface area contributed by atoms with E-state index in [1.165, 1.54) is 18.1 Å². The van der Waals surface area contributed by atoms with Crippen LogP contribution in [0.2, 0.25) is 0 Å². The molecule has 2 rings (SSSR count). The Labute approximate surface area is 99.4 Å². The fourth-order valence-corrected chi connectivity index (χ4v) is 2.29. The summed E-state index contributed by atoms with van der Waals surface area (Å²) >= 11 is 4.84. The Morgan fingerprint density at radius 2 is 2.27 bits per heavy atom. The molecule has 0 spiro atoms. The number of nitrogens with zero attached hydrogens (tertiary/aromatic N) is 2. The zero-order valence-electron chi connectivity index (χ0n) is 7.90. The second-order valence-electron chi connectivity index (χ2n) is 2.82. The van der Waals surface area contributed by atoms with E-state index in [1.807, 2.05) is 13.0 Å². The van der Waals surface area contributed by atoms with Crippen LogP contribution < -0.4 is 5.73 Å². The highest BCUT2D eigenvalue weighted by Gasteiger charge is 2.10. The second kappa shape index (κ2) is 4.24. The number of halogens is 1. The Kier molecular flexibility index (Phi) is 2.97. The van der Waals surface area contributed by atoms with E-state index in [0.29, 0.717) is 5.82 Å². The molecule has 78 valence electrons. The van der Waals surface area contributed by atoms with Crippen LogP contribution in [0.5, 0.6) is 0 Å². The first-order chi connectivity index (χ1) is 7.18. The first-order valence-electron chi connectivity index (χ1n) is 4.16. The average molecular weight is 286 g/mol. The van der Waals surface area contributed by atoms with Crippen LogP contribution in [-0.4, -0.2) is 9.97 Å². The molecule has 0 atom stereocenters. The minimum absolute atomic E-state index is 0.439. The average Bonchev–Trinajstić information content (AvgIpc) is 2.60. The Morgan fingerprint density at radius 3 is 2.93 bits per heavy atom. The minimum atomic E-state index is 0.439. The standard InChI is InChI=1S/C9H8BrN3OS/c1-5-6(2-3-14-5)15-9-7(10)8(11)12-4-13-9/h2-4H,1H3,(H2,11,12,13). The number of rotatable bonds is 2. The molecule has 0 aliphatic heterocycles. The Bertz CT molecular complexity index is 486. The van der Waals surface area contributed by atoms with E-state index in [0.717, 1.165) is 20.2 Å². The van der Waals surface area contributed by atoms with Crippen LogP contribution in [0.15, 0.2) is 37.5 Å². The summed E-state index contributed by atoms with van der Waals surface area (Å²) in [6, 6.07) is 1.89. The van der Waals surface area contributed by atoms with Crippen molar-refractivity contribution in [2.75, 3.05) is 5.73 Å². The third-order valence-electron chi connectivity index (χ3n) is 1.80. The number of hydrogen-bond donors (Lipinski definition) is 1. The van der Waals surface area contributed by atoms with Gasteiger partial charge in [-0.2, -0.15) is 0 Å². The number of nitrogens with two attached hydrogens (primary N) is 1. The van der Waals surface area contributed by atoms with Crippen LogP contribution in [0.25, 0.3) is 0 Å². The lowest BCUT2D eigenvalue weighted by molar-refractivity contribution is 0.527. The topological polar surface area (TPSA) is 64.9 Å². The summed E-state index contributed by atoms with van der Waals surface area (Å²) in [5.74, 6) is 1.30. The van der Waals surface area contributed by atoms with Crippen molar-refractivity contribution in [2.45, 2.75) is 16.8 Å². The van der Waals surface area contributed by atoms with Crippen molar-refractivity contribution in [3.8, 4) is 0 Å². The molecule has 2 heterocycles. The van der Waals surface area contributed by atoms with Crippen molar-refractivity contribution in [2.24, 2.45) is 0 Å². The van der Waals surface area contributed by atoms with E-state index in [1.54, 1.807) is 6.26 Å². The molecule has 0 unspecified atom stereocenters. The van der Waals surface area contributed by atoms with E-state index >= 15 is 0 Å². The zero-order chi connectivity index (χ0) is 10.8. The molecule has 0 aliphatic rings. The molecule has 0 fully saturated rings. The number of aryl methyl sites for hydroxylation is 1. The molecule has 15 heavy (non-hydrogen) atoms. The van der Waals surface area contributed by atoms with Crippen LogP contribution in [0.3, 0.4) is 0 Å². The van der Waals surface area contributed by atoms with Gasteiger partial charge in [-0.05, 0) is 28.9 Å². The molecule has 0 radical (unpaired) electrons. The summed E-state index contributed by atoms with van der Waals surface area (Å²) in [7, 11) is 0. The highest BCUT2D eigenvalue weighted by molar-refractivity contribution is 9.10. The Balaban J connectivity index is 2.33. The molecule has 2 aromatic heterocycles. The largest absolute Gasteiger partial charge is 0.468 e. The number of anilines is 1. The van der Waals surface area contributed by atoms with Crippen LogP contribution in [0.1, 0.15) is 5.76 Å². The molecular weight excluding hydrogens is 278 g/mol. The lowest BCUT2D eigenvalue weighted by Crippen LogP contribution is -1.94. The molecule has 4 nitrogen and oxygen atoms in total. The second-order valence-corrected chi connectivity index (χ2v) is 4.64. The maximum atomic E-state index is 5.65. The van der Waals surface area contributed by atoms with Crippen LogP contribution in [-0.2, 0) is 0 Å². The van der Waals surface area contributed by atoms with Crippen molar-refractivity contribution in [3.05, 3.63) is 28.9 Å². The summed E-state index contributed by atoms with van der Waals surface area (Å²) in [6.07, 6.45) is 3.09. The van der Waals surface area contributed by atoms with Crippen molar-refractivity contribution in [1.29, 1.82) is 0 Å². The van der Waals surface area contributed by atoms with E-state index < -0.39 is 0 Å². The quantitative estimate of drug-likeness (QED) is 0.860. The molecular formula is C9H8BrN3OS. The highest BCUT2D eigenvalue weighted by Crippen LogP contribution is 2.35. The van der Waals surface area contributed by atoms with Gasteiger partial charge in [0.25, 0.3) is 0 Å². The predicted octanol–water partition coefficient (Wildman–Crippen LogP) is 2.87. The highest BCUT2D eigenvalue weighted by atomic mass is 79.9. The third-order valence-corrected chi connectivity index (χ3v) is 3.99. The maximum absolute atomic E-state index is 5.65. The van der Waals surface area contributed by atoms with Gasteiger partial charge in [-0.25, -0.2) is 9.97 Å². The van der Waals surface area contributed by atoms with Crippen LogP contribution >= 0.6 is 27.7 Å². The van der Waals surface area contributed by atoms with Crippen LogP contribution in [0, 0.1) is 6.92 Å². The number of nitrogen functional groups attached to an aromatic ring is 1. The van der Waals surface area contributed by atoms with Gasteiger partial charge >= 0.3 is 0 Å². The fourth-order valence-electron chi connectivity index (χ4n) is 1.02. The normalized spacial score (nSPS) is 10.5. The molecule has 6 heteroatoms. The van der Waals surface area contributed by atoms with E-state index in [-0.39, 0.29) is 0 Å². The molecule has 2 aromatic rings. The van der Waals surface area contributed by atoms with E-state index in [9.17, 15) is 0 Å². The van der Waals surface area contributed by atoms with Crippen molar-refractivity contribution in [1.82, 2.24) is 9.97 Å². The summed E-state index contributed by atoms with van der Waals surface area (Å²) in [5.41, 5.74) is 5.65. The summed E-state index contributed by atoms with van der Waals surface area (Å²) in [6.45, 7) is 1.90. The summed E-state index contributed by atoms with van der Waals surface area (Å²) in [5, 5.41) is 0.784. The van der Waals surface area contributed by atoms with E-state index in [4.69, 9.17) is 10.2 Å². The molecule has 0 saturated carbocycles. The lowest BCUT2D eigenvalue weighted by atomic mass is 10.5. The van der Waals surface area contributed by atoms with Gasteiger partial charge < -0.3 is 10.2 Å². The van der Waals surface area contributed by atoms with Gasteiger partial charge in [0, 0.05) is 0 Å². The zero-order valence-corrected chi connectivity index (χ0v) is 10.3. The minimum Gasteiger partial charge on any atom is -0.468 e. The summed E-state index contributed by atoms with van der Waals surface area (Å²) < 4.78 is 5.91. The SMILES string of the molecule is Cc1occc1Sc1ncnc(N)c1Br. The van der Waals surface area contributed by atoms with Gasteiger partial charge in [0.05, 0.1) is 15.6 Å². The lowest BCUT2D eigenvalue weighted by Gasteiger charge is -2.03. The number of aromatic nitrogens is 2. The van der Waals surface area contributed by atoms with Crippen LogP contribution in [0.4, 0.5) is 5.82 Å². The number of furan rings is 1.